The summed E-state index contributed by atoms with van der Waals surface area (Å²) in [6.07, 6.45) is 0.519. The summed E-state index contributed by atoms with van der Waals surface area (Å²) in [6, 6.07) is 20.4. The summed E-state index contributed by atoms with van der Waals surface area (Å²) in [6.45, 7) is 9.95. The Kier molecular flexibility index (Phi) is 8.28. The number of carbonyl (C=O) groups excluding carboxylic acids is 1. The third-order valence-electron chi connectivity index (χ3n) is 6.20. The fourth-order valence-electron chi connectivity index (χ4n) is 4.02. The van der Waals surface area contributed by atoms with Crippen molar-refractivity contribution in [3.05, 3.63) is 100 Å². The molecule has 0 aliphatic carbocycles. The molecule has 0 bridgehead atoms. The second-order valence-corrected chi connectivity index (χ2v) is 10.9. The molecule has 1 atom stereocenters. The molecule has 0 aromatic heterocycles. The second kappa shape index (κ2) is 11.0. The molecule has 180 valence electrons. The molecule has 34 heavy (non-hydrogen) atoms. The molecule has 0 saturated carbocycles. The predicted molar refractivity (Wildman–Crippen MR) is 137 cm³/mol. The van der Waals surface area contributed by atoms with Crippen LogP contribution >= 0.6 is 0 Å². The first-order valence-electron chi connectivity index (χ1n) is 11.6. The lowest BCUT2D eigenvalue weighted by Gasteiger charge is -2.24. The number of benzene rings is 3. The van der Waals surface area contributed by atoms with Crippen molar-refractivity contribution < 1.29 is 13.2 Å². The summed E-state index contributed by atoms with van der Waals surface area (Å²) >= 11 is 0. The van der Waals surface area contributed by atoms with E-state index in [-0.39, 0.29) is 29.9 Å². The summed E-state index contributed by atoms with van der Waals surface area (Å²) in [5.74, 6) is -0.325. The lowest BCUT2D eigenvalue weighted by molar-refractivity contribution is -0.121. The number of hydrogen-bond acceptors (Lipinski definition) is 3. The fourth-order valence-corrected chi connectivity index (χ4v) is 5.41. The Morgan fingerprint density at radius 2 is 1.50 bits per heavy atom. The molecule has 0 fully saturated rings. The Hall–Kier alpha value is -2.96. The van der Waals surface area contributed by atoms with Crippen LogP contribution in [0.4, 0.5) is 0 Å². The minimum atomic E-state index is -3.83. The van der Waals surface area contributed by atoms with E-state index in [9.17, 15) is 13.2 Å². The van der Waals surface area contributed by atoms with Gasteiger partial charge in [0.2, 0.25) is 15.9 Å². The zero-order chi connectivity index (χ0) is 24.9. The average molecular weight is 479 g/mol. The van der Waals surface area contributed by atoms with Crippen molar-refractivity contribution in [1.29, 1.82) is 0 Å². The van der Waals surface area contributed by atoms with Crippen molar-refractivity contribution in [3.8, 4) is 0 Å². The number of nitrogens with one attached hydrogen (secondary N) is 1. The molecule has 1 N–H and O–H groups in total. The van der Waals surface area contributed by atoms with Crippen molar-refractivity contribution in [2.45, 2.75) is 52.0 Å². The molecular weight excluding hydrogens is 444 g/mol. The summed E-state index contributed by atoms with van der Waals surface area (Å²) in [4.78, 5) is 13.2. The van der Waals surface area contributed by atoms with Gasteiger partial charge < -0.3 is 5.32 Å². The Morgan fingerprint density at radius 3 is 2.15 bits per heavy atom. The normalized spacial score (nSPS) is 12.5. The van der Waals surface area contributed by atoms with Gasteiger partial charge in [-0.05, 0) is 81.0 Å². The van der Waals surface area contributed by atoms with Gasteiger partial charge in [0, 0.05) is 6.54 Å². The maximum absolute atomic E-state index is 13.4. The highest BCUT2D eigenvalue weighted by molar-refractivity contribution is 7.89. The summed E-state index contributed by atoms with van der Waals surface area (Å²) in [7, 11) is -3.83. The fraction of sp³-hybridized carbons (Fsp3) is 0.321. The first-order chi connectivity index (χ1) is 16.1. The largest absolute Gasteiger partial charge is 0.348 e. The molecule has 5 nitrogen and oxygen atoms in total. The number of sulfonamides is 1. The van der Waals surface area contributed by atoms with E-state index in [1.54, 1.807) is 24.3 Å². The van der Waals surface area contributed by atoms with Gasteiger partial charge in [-0.1, -0.05) is 60.2 Å². The number of amides is 1. The van der Waals surface area contributed by atoms with E-state index in [2.05, 4.69) is 24.4 Å². The monoisotopic (exact) mass is 478 g/mol. The highest BCUT2D eigenvalue weighted by Gasteiger charge is 2.27. The summed E-state index contributed by atoms with van der Waals surface area (Å²) in [5, 5.41) is 3.00. The van der Waals surface area contributed by atoms with E-state index in [0.717, 1.165) is 27.8 Å². The molecule has 1 amide bonds. The van der Waals surface area contributed by atoms with Gasteiger partial charge in [0.15, 0.2) is 0 Å². The minimum absolute atomic E-state index is 0.192. The zero-order valence-corrected chi connectivity index (χ0v) is 21.4. The third-order valence-corrected chi connectivity index (χ3v) is 8.06. The van der Waals surface area contributed by atoms with Crippen molar-refractivity contribution in [3.63, 3.8) is 0 Å². The molecule has 1 unspecified atom stereocenters. The summed E-state index contributed by atoms with van der Waals surface area (Å²) in [5.41, 5.74) is 6.50. The molecule has 0 saturated heterocycles. The molecule has 0 aliphatic rings. The number of carbonyl (C=O) groups is 1. The van der Waals surface area contributed by atoms with E-state index in [1.807, 2.05) is 58.0 Å². The van der Waals surface area contributed by atoms with Crippen molar-refractivity contribution in [1.82, 2.24) is 9.62 Å². The SMILES string of the molecule is Cc1ccc(S(=O)(=O)N(CCc2ccccc2)CC(=O)NC(C)c2cc(C)c(C)cc2C)cc1. The Morgan fingerprint density at radius 1 is 0.882 bits per heavy atom. The lowest BCUT2D eigenvalue weighted by Crippen LogP contribution is -2.42. The maximum Gasteiger partial charge on any atom is 0.243 e. The molecule has 0 spiro atoms. The van der Waals surface area contributed by atoms with E-state index in [0.29, 0.717) is 6.42 Å². The van der Waals surface area contributed by atoms with Gasteiger partial charge in [-0.15, -0.1) is 0 Å². The predicted octanol–water partition coefficient (Wildman–Crippen LogP) is 5.03. The van der Waals surface area contributed by atoms with Gasteiger partial charge >= 0.3 is 0 Å². The van der Waals surface area contributed by atoms with Crippen LogP contribution in [0.5, 0.6) is 0 Å². The van der Waals surface area contributed by atoms with Crippen LogP contribution in [0, 0.1) is 27.7 Å². The third kappa shape index (κ3) is 6.33. The molecule has 3 rings (SSSR count). The molecular formula is C28H34N2O3S. The van der Waals surface area contributed by atoms with Gasteiger partial charge in [-0.3, -0.25) is 4.79 Å². The van der Waals surface area contributed by atoms with Crippen LogP contribution in [0.15, 0.2) is 71.6 Å². The van der Waals surface area contributed by atoms with Crippen molar-refractivity contribution >= 4 is 15.9 Å². The smallest absolute Gasteiger partial charge is 0.243 e. The van der Waals surface area contributed by atoms with E-state index in [4.69, 9.17) is 0 Å². The standard InChI is InChI=1S/C28H34N2O3S/c1-20-11-13-26(14-12-20)34(32,33)30(16-15-25-9-7-6-8-10-25)19-28(31)29-24(5)27-18-22(3)21(2)17-23(27)4/h6-14,17-18,24H,15-16,19H2,1-5H3,(H,29,31). The van der Waals surface area contributed by atoms with Crippen LogP contribution in [0.2, 0.25) is 0 Å². The zero-order valence-electron chi connectivity index (χ0n) is 20.6. The first-order valence-corrected chi connectivity index (χ1v) is 13.0. The minimum Gasteiger partial charge on any atom is -0.348 e. The Labute approximate surface area is 203 Å². The number of aryl methyl sites for hydroxylation is 4. The Balaban J connectivity index is 1.80. The van der Waals surface area contributed by atoms with Crippen LogP contribution in [0.25, 0.3) is 0 Å². The van der Waals surface area contributed by atoms with Gasteiger partial charge in [-0.25, -0.2) is 8.42 Å². The number of nitrogens with zero attached hydrogens (tertiary/aromatic N) is 1. The summed E-state index contributed by atoms with van der Waals surface area (Å²) < 4.78 is 28.2. The maximum atomic E-state index is 13.4. The van der Waals surface area contributed by atoms with Gasteiger partial charge in [0.05, 0.1) is 17.5 Å². The Bertz CT molecular complexity index is 1240. The second-order valence-electron chi connectivity index (χ2n) is 8.97. The van der Waals surface area contributed by atoms with Crippen molar-refractivity contribution in [2.24, 2.45) is 0 Å². The van der Waals surface area contributed by atoms with E-state index >= 15 is 0 Å². The number of hydrogen-bond donors (Lipinski definition) is 1. The van der Waals surface area contributed by atoms with Gasteiger partial charge in [0.1, 0.15) is 0 Å². The highest BCUT2D eigenvalue weighted by atomic mass is 32.2. The molecule has 3 aromatic rings. The van der Waals surface area contributed by atoms with Gasteiger partial charge in [-0.2, -0.15) is 4.31 Å². The van der Waals surface area contributed by atoms with Gasteiger partial charge in [0.25, 0.3) is 0 Å². The van der Waals surface area contributed by atoms with Crippen LogP contribution < -0.4 is 5.32 Å². The van der Waals surface area contributed by atoms with Crippen LogP contribution in [-0.4, -0.2) is 31.7 Å². The topological polar surface area (TPSA) is 66.5 Å². The molecule has 0 heterocycles. The van der Waals surface area contributed by atoms with E-state index < -0.39 is 10.0 Å². The van der Waals surface area contributed by atoms with Crippen LogP contribution in [0.3, 0.4) is 0 Å². The first kappa shape index (κ1) is 25.7. The van der Waals surface area contributed by atoms with Crippen LogP contribution in [0.1, 0.15) is 46.3 Å². The molecule has 3 aromatic carbocycles. The molecule has 0 radical (unpaired) electrons. The lowest BCUT2D eigenvalue weighted by atomic mass is 9.96. The van der Waals surface area contributed by atoms with Crippen molar-refractivity contribution in [2.75, 3.05) is 13.1 Å². The average Bonchev–Trinajstić information content (AvgIpc) is 2.79. The van der Waals surface area contributed by atoms with E-state index in [1.165, 1.54) is 9.87 Å². The molecule has 6 heteroatoms. The highest BCUT2D eigenvalue weighted by Crippen LogP contribution is 2.22. The quantitative estimate of drug-likeness (QED) is 0.469. The molecule has 0 aliphatic heterocycles. The number of rotatable bonds is 9. The van der Waals surface area contributed by atoms with Crippen LogP contribution in [-0.2, 0) is 21.2 Å².